The molecule has 1 aliphatic rings. The van der Waals surface area contributed by atoms with Gasteiger partial charge in [0.2, 0.25) is 5.91 Å². The minimum absolute atomic E-state index is 0.158. The SMILES string of the molecule is CCCN1C(=O)C(CC(=O)O)SC1=Nc1ccccc1. The lowest BCUT2D eigenvalue weighted by Crippen LogP contribution is -2.33. The number of hydrogen-bond donors (Lipinski definition) is 1. The van der Waals surface area contributed by atoms with Crippen LogP contribution in [-0.4, -0.2) is 38.8 Å². The molecule has 1 N–H and O–H groups in total. The van der Waals surface area contributed by atoms with E-state index >= 15 is 0 Å². The first kappa shape index (κ1) is 14.6. The summed E-state index contributed by atoms with van der Waals surface area (Å²) >= 11 is 1.24. The maximum atomic E-state index is 12.2. The van der Waals surface area contributed by atoms with Crippen LogP contribution in [0.3, 0.4) is 0 Å². The lowest BCUT2D eigenvalue weighted by molar-refractivity contribution is -0.139. The Morgan fingerprint density at radius 1 is 1.40 bits per heavy atom. The van der Waals surface area contributed by atoms with E-state index in [2.05, 4.69) is 4.99 Å². The van der Waals surface area contributed by atoms with Crippen molar-refractivity contribution in [3.8, 4) is 0 Å². The highest BCUT2D eigenvalue weighted by Crippen LogP contribution is 2.31. The number of carbonyl (C=O) groups is 2. The second kappa shape index (κ2) is 6.56. The number of aliphatic imine (C=N–C) groups is 1. The molecule has 1 unspecified atom stereocenters. The summed E-state index contributed by atoms with van der Waals surface area (Å²) in [5.74, 6) is -1.12. The third kappa shape index (κ3) is 3.39. The van der Waals surface area contributed by atoms with Gasteiger partial charge < -0.3 is 5.11 Å². The van der Waals surface area contributed by atoms with Crippen LogP contribution < -0.4 is 0 Å². The lowest BCUT2D eigenvalue weighted by atomic mass is 10.2. The number of carboxylic acids is 1. The van der Waals surface area contributed by atoms with Crippen LogP contribution in [0.2, 0.25) is 0 Å². The summed E-state index contributed by atoms with van der Waals surface area (Å²) in [5, 5.41) is 8.88. The van der Waals surface area contributed by atoms with Crippen LogP contribution >= 0.6 is 11.8 Å². The fraction of sp³-hybridized carbons (Fsp3) is 0.357. The molecule has 1 atom stereocenters. The van der Waals surface area contributed by atoms with Gasteiger partial charge in [-0.2, -0.15) is 0 Å². The topological polar surface area (TPSA) is 70.0 Å². The molecule has 1 aliphatic heterocycles. The molecule has 0 aromatic heterocycles. The molecule has 20 heavy (non-hydrogen) atoms. The molecule has 106 valence electrons. The smallest absolute Gasteiger partial charge is 0.305 e. The van der Waals surface area contributed by atoms with E-state index in [1.807, 2.05) is 37.3 Å². The van der Waals surface area contributed by atoms with Crippen LogP contribution in [0.1, 0.15) is 19.8 Å². The van der Waals surface area contributed by atoms with Crippen molar-refractivity contribution >= 4 is 34.5 Å². The van der Waals surface area contributed by atoms with Gasteiger partial charge in [-0.05, 0) is 18.6 Å². The highest BCUT2D eigenvalue weighted by Gasteiger charge is 2.38. The largest absolute Gasteiger partial charge is 0.481 e. The highest BCUT2D eigenvalue weighted by atomic mass is 32.2. The van der Waals surface area contributed by atoms with Crippen molar-refractivity contribution in [1.82, 2.24) is 4.90 Å². The number of hydrogen-bond acceptors (Lipinski definition) is 4. The third-order valence-electron chi connectivity index (χ3n) is 2.81. The van der Waals surface area contributed by atoms with Gasteiger partial charge in [-0.25, -0.2) is 4.99 Å². The third-order valence-corrected chi connectivity index (χ3v) is 3.98. The fourth-order valence-electron chi connectivity index (χ4n) is 1.93. The quantitative estimate of drug-likeness (QED) is 0.905. The molecule has 1 heterocycles. The number of thioether (sulfide) groups is 1. The first-order valence-electron chi connectivity index (χ1n) is 6.45. The molecule has 0 aliphatic carbocycles. The molecule has 2 rings (SSSR count). The number of para-hydroxylation sites is 1. The van der Waals surface area contributed by atoms with E-state index in [4.69, 9.17) is 5.11 Å². The molecule has 1 amide bonds. The highest BCUT2D eigenvalue weighted by molar-refractivity contribution is 8.15. The molecule has 1 aromatic rings. The zero-order valence-electron chi connectivity index (χ0n) is 11.2. The molecule has 0 bridgehead atoms. The Bertz CT molecular complexity index is 530. The van der Waals surface area contributed by atoms with Crippen LogP contribution in [0.5, 0.6) is 0 Å². The Balaban J connectivity index is 2.24. The van der Waals surface area contributed by atoms with E-state index in [0.29, 0.717) is 11.7 Å². The van der Waals surface area contributed by atoms with Gasteiger partial charge >= 0.3 is 5.97 Å². The van der Waals surface area contributed by atoms with Crippen LogP contribution in [0, 0.1) is 0 Å². The van der Waals surface area contributed by atoms with Gasteiger partial charge in [0.1, 0.15) is 5.25 Å². The Morgan fingerprint density at radius 2 is 2.10 bits per heavy atom. The predicted molar refractivity (Wildman–Crippen MR) is 79.2 cm³/mol. The van der Waals surface area contributed by atoms with Gasteiger partial charge in [-0.3, -0.25) is 14.5 Å². The van der Waals surface area contributed by atoms with Crippen molar-refractivity contribution in [3.05, 3.63) is 30.3 Å². The molecule has 0 saturated carbocycles. The Morgan fingerprint density at radius 3 is 2.70 bits per heavy atom. The summed E-state index contributed by atoms with van der Waals surface area (Å²) in [4.78, 5) is 29.0. The first-order chi connectivity index (χ1) is 9.61. The molecule has 1 fully saturated rings. The Kier molecular flexibility index (Phi) is 4.79. The number of carbonyl (C=O) groups excluding carboxylic acids is 1. The minimum atomic E-state index is -0.965. The summed E-state index contributed by atoms with van der Waals surface area (Å²) in [5.41, 5.74) is 0.764. The number of rotatable bonds is 5. The van der Waals surface area contributed by atoms with Gasteiger partial charge in [0.15, 0.2) is 5.17 Å². The zero-order valence-corrected chi connectivity index (χ0v) is 12.0. The molecular formula is C14H16N2O3S. The predicted octanol–water partition coefficient (Wildman–Crippen LogP) is 2.50. The number of aliphatic carboxylic acids is 1. The van der Waals surface area contributed by atoms with Crippen LogP contribution in [0.15, 0.2) is 35.3 Å². The summed E-state index contributed by atoms with van der Waals surface area (Å²) in [7, 11) is 0. The molecule has 1 saturated heterocycles. The minimum Gasteiger partial charge on any atom is -0.481 e. The summed E-state index contributed by atoms with van der Waals surface area (Å²) in [6.45, 7) is 2.54. The van der Waals surface area contributed by atoms with Gasteiger partial charge in [0.25, 0.3) is 0 Å². The van der Waals surface area contributed by atoms with E-state index in [1.165, 1.54) is 11.8 Å². The maximum absolute atomic E-state index is 12.2. The normalized spacial score (nSPS) is 20.6. The fourth-order valence-corrected chi connectivity index (χ4v) is 3.10. The van der Waals surface area contributed by atoms with Crippen molar-refractivity contribution in [3.63, 3.8) is 0 Å². The molecule has 1 aromatic carbocycles. The molecular weight excluding hydrogens is 276 g/mol. The van der Waals surface area contributed by atoms with Gasteiger partial charge in [0.05, 0.1) is 12.1 Å². The number of amides is 1. The van der Waals surface area contributed by atoms with Gasteiger partial charge in [-0.1, -0.05) is 36.9 Å². The number of benzene rings is 1. The zero-order chi connectivity index (χ0) is 14.5. The first-order valence-corrected chi connectivity index (χ1v) is 7.33. The van der Waals surface area contributed by atoms with Gasteiger partial charge in [0, 0.05) is 6.54 Å². The number of amidine groups is 1. The lowest BCUT2D eigenvalue weighted by Gasteiger charge is -2.14. The summed E-state index contributed by atoms with van der Waals surface area (Å²) < 4.78 is 0. The standard InChI is InChI=1S/C14H16N2O3S/c1-2-8-16-13(19)11(9-12(17)18)20-14(16)15-10-6-4-3-5-7-10/h3-7,11H,2,8-9H2,1H3,(H,17,18). The van der Waals surface area contributed by atoms with E-state index < -0.39 is 11.2 Å². The van der Waals surface area contributed by atoms with Crippen LogP contribution in [-0.2, 0) is 9.59 Å². The average Bonchev–Trinajstić information content (AvgIpc) is 2.68. The number of carboxylic acid groups (broad SMARTS) is 1. The van der Waals surface area contributed by atoms with E-state index in [-0.39, 0.29) is 12.3 Å². The molecule has 5 nitrogen and oxygen atoms in total. The number of nitrogens with zero attached hydrogens (tertiary/aromatic N) is 2. The monoisotopic (exact) mass is 292 g/mol. The van der Waals surface area contributed by atoms with Crippen molar-refractivity contribution in [2.24, 2.45) is 4.99 Å². The van der Waals surface area contributed by atoms with Crippen LogP contribution in [0.25, 0.3) is 0 Å². The molecule has 0 radical (unpaired) electrons. The Hall–Kier alpha value is -1.82. The molecule has 0 spiro atoms. The second-order valence-electron chi connectivity index (χ2n) is 4.42. The van der Waals surface area contributed by atoms with E-state index in [0.717, 1.165) is 12.1 Å². The van der Waals surface area contributed by atoms with Crippen molar-refractivity contribution in [2.75, 3.05) is 6.54 Å². The van der Waals surface area contributed by atoms with Crippen molar-refractivity contribution in [2.45, 2.75) is 25.0 Å². The second-order valence-corrected chi connectivity index (χ2v) is 5.59. The van der Waals surface area contributed by atoms with Crippen molar-refractivity contribution < 1.29 is 14.7 Å². The van der Waals surface area contributed by atoms with E-state index in [1.54, 1.807) is 4.90 Å². The van der Waals surface area contributed by atoms with Gasteiger partial charge in [-0.15, -0.1) is 0 Å². The Labute approximate surface area is 121 Å². The summed E-state index contributed by atoms with van der Waals surface area (Å²) in [6, 6.07) is 9.35. The maximum Gasteiger partial charge on any atom is 0.305 e. The average molecular weight is 292 g/mol. The molecule has 6 heteroatoms. The summed E-state index contributed by atoms with van der Waals surface area (Å²) in [6.07, 6.45) is 0.636. The van der Waals surface area contributed by atoms with E-state index in [9.17, 15) is 9.59 Å². The van der Waals surface area contributed by atoms with Crippen molar-refractivity contribution in [1.29, 1.82) is 0 Å². The van der Waals surface area contributed by atoms with Crippen LogP contribution in [0.4, 0.5) is 5.69 Å².